The fourth-order valence-corrected chi connectivity index (χ4v) is 5.30. The van der Waals surface area contributed by atoms with Crippen molar-refractivity contribution in [2.75, 3.05) is 52.7 Å². The third-order valence-electron chi connectivity index (χ3n) is 6.19. The summed E-state index contributed by atoms with van der Waals surface area (Å²) in [5.41, 5.74) is 0. The van der Waals surface area contributed by atoms with Crippen LogP contribution in [0.15, 0.2) is 18.5 Å². The maximum absolute atomic E-state index is 12.5. The Labute approximate surface area is 180 Å². The van der Waals surface area contributed by atoms with Gasteiger partial charge in [0, 0.05) is 83.9 Å². The molecule has 1 amide bonds. The van der Waals surface area contributed by atoms with Gasteiger partial charge in [0.2, 0.25) is 15.9 Å². The summed E-state index contributed by atoms with van der Waals surface area (Å²) < 4.78 is 33.1. The van der Waals surface area contributed by atoms with Crippen LogP contribution < -0.4 is 0 Å². The minimum atomic E-state index is -3.19. The smallest absolute Gasteiger partial charge is 0.224 e. The Bertz CT molecular complexity index is 764. The molecule has 0 bridgehead atoms. The minimum absolute atomic E-state index is 0.0961. The highest BCUT2D eigenvalue weighted by atomic mass is 32.2. The van der Waals surface area contributed by atoms with E-state index in [4.69, 9.17) is 4.74 Å². The van der Waals surface area contributed by atoms with Gasteiger partial charge in [-0.25, -0.2) is 12.7 Å². The number of piperidine rings is 1. The van der Waals surface area contributed by atoms with Crippen molar-refractivity contribution in [3.63, 3.8) is 0 Å². The van der Waals surface area contributed by atoms with E-state index in [1.165, 1.54) is 6.26 Å². The number of carbonyl (C=O) groups excluding carboxylic acids is 1. The van der Waals surface area contributed by atoms with Gasteiger partial charge in [-0.15, -0.1) is 0 Å². The molecular formula is C20H35N5O4S. The molecule has 2 saturated heterocycles. The zero-order chi connectivity index (χ0) is 21.6. The van der Waals surface area contributed by atoms with Gasteiger partial charge in [0.25, 0.3) is 0 Å². The molecule has 9 nitrogen and oxygen atoms in total. The van der Waals surface area contributed by atoms with E-state index in [-0.39, 0.29) is 11.9 Å². The molecule has 1 aromatic rings. The van der Waals surface area contributed by atoms with Gasteiger partial charge in [0.05, 0.1) is 6.26 Å². The van der Waals surface area contributed by atoms with Gasteiger partial charge in [0.15, 0.2) is 0 Å². The van der Waals surface area contributed by atoms with Crippen LogP contribution in [-0.2, 0) is 26.1 Å². The van der Waals surface area contributed by atoms with Crippen molar-refractivity contribution in [1.82, 2.24) is 23.9 Å². The monoisotopic (exact) mass is 441 g/mol. The van der Waals surface area contributed by atoms with E-state index < -0.39 is 10.0 Å². The standard InChI is InChI=1S/C20H35N5O4S/c1-22(20(26)6-12-23-10-4-9-21-23)13-14-25(18-7-15-29-16-8-18)19-5-3-11-24(17-19)30(2,27)28/h4,9-10,18-19H,3,5-8,11-17H2,1-2H3. The number of amides is 1. The van der Waals surface area contributed by atoms with Crippen molar-refractivity contribution in [1.29, 1.82) is 0 Å². The maximum Gasteiger partial charge on any atom is 0.224 e. The van der Waals surface area contributed by atoms with E-state index >= 15 is 0 Å². The first-order chi connectivity index (χ1) is 14.3. The number of hydrogen-bond acceptors (Lipinski definition) is 6. The molecule has 1 atom stereocenters. The Morgan fingerprint density at radius 1 is 1.20 bits per heavy atom. The third-order valence-corrected chi connectivity index (χ3v) is 7.46. The molecule has 0 spiro atoms. The first-order valence-electron chi connectivity index (χ1n) is 10.8. The maximum atomic E-state index is 12.5. The normalized spacial score (nSPS) is 21.8. The first-order valence-corrected chi connectivity index (χ1v) is 12.7. The van der Waals surface area contributed by atoms with Crippen molar-refractivity contribution in [3.8, 4) is 0 Å². The molecule has 0 saturated carbocycles. The van der Waals surface area contributed by atoms with Crippen LogP contribution in [0.5, 0.6) is 0 Å². The molecule has 1 unspecified atom stereocenters. The van der Waals surface area contributed by atoms with Crippen LogP contribution in [0.2, 0.25) is 0 Å². The molecule has 1 aromatic heterocycles. The van der Waals surface area contributed by atoms with Gasteiger partial charge < -0.3 is 9.64 Å². The zero-order valence-corrected chi connectivity index (χ0v) is 19.0. The van der Waals surface area contributed by atoms with Crippen LogP contribution in [0.4, 0.5) is 0 Å². The molecule has 0 N–H and O–H groups in total. The summed E-state index contributed by atoms with van der Waals surface area (Å²) >= 11 is 0. The Kier molecular flexibility index (Phi) is 8.27. The van der Waals surface area contributed by atoms with Crippen LogP contribution in [0.1, 0.15) is 32.1 Å². The largest absolute Gasteiger partial charge is 0.381 e. The molecule has 0 aromatic carbocycles. The lowest BCUT2D eigenvalue weighted by molar-refractivity contribution is -0.130. The lowest BCUT2D eigenvalue weighted by atomic mass is 9.99. The van der Waals surface area contributed by atoms with Gasteiger partial charge in [-0.1, -0.05) is 0 Å². The highest BCUT2D eigenvalue weighted by Gasteiger charge is 2.33. The predicted molar refractivity (Wildman–Crippen MR) is 114 cm³/mol. The number of ether oxygens (including phenoxy) is 1. The average molecular weight is 442 g/mol. The Morgan fingerprint density at radius 3 is 2.63 bits per heavy atom. The Balaban J connectivity index is 1.58. The summed E-state index contributed by atoms with van der Waals surface area (Å²) in [5, 5.41) is 4.14. The zero-order valence-electron chi connectivity index (χ0n) is 18.1. The molecule has 10 heteroatoms. The second-order valence-electron chi connectivity index (χ2n) is 8.33. The summed E-state index contributed by atoms with van der Waals surface area (Å²) in [5.74, 6) is 0.0961. The lowest BCUT2D eigenvalue weighted by Gasteiger charge is -2.44. The molecule has 3 rings (SSSR count). The molecule has 2 fully saturated rings. The number of hydrogen-bond donors (Lipinski definition) is 0. The predicted octanol–water partition coefficient (Wildman–Crippen LogP) is 0.637. The van der Waals surface area contributed by atoms with Crippen LogP contribution in [0.3, 0.4) is 0 Å². The van der Waals surface area contributed by atoms with E-state index in [0.29, 0.717) is 38.6 Å². The molecule has 3 heterocycles. The molecule has 30 heavy (non-hydrogen) atoms. The minimum Gasteiger partial charge on any atom is -0.381 e. The van der Waals surface area contributed by atoms with E-state index in [1.54, 1.807) is 20.1 Å². The average Bonchev–Trinajstić information content (AvgIpc) is 3.26. The van der Waals surface area contributed by atoms with Gasteiger partial charge in [-0.2, -0.15) is 5.10 Å². The highest BCUT2D eigenvalue weighted by molar-refractivity contribution is 7.88. The van der Waals surface area contributed by atoms with E-state index in [1.807, 2.05) is 19.3 Å². The van der Waals surface area contributed by atoms with Crippen LogP contribution >= 0.6 is 0 Å². The number of sulfonamides is 1. The van der Waals surface area contributed by atoms with Crippen molar-refractivity contribution in [3.05, 3.63) is 18.5 Å². The van der Waals surface area contributed by atoms with Crippen LogP contribution in [0.25, 0.3) is 0 Å². The summed E-state index contributed by atoms with van der Waals surface area (Å²) in [6.07, 6.45) is 9.04. The van der Waals surface area contributed by atoms with Crippen molar-refractivity contribution in [2.45, 2.75) is 50.7 Å². The Morgan fingerprint density at radius 2 is 1.97 bits per heavy atom. The number of rotatable bonds is 9. The number of nitrogens with zero attached hydrogens (tertiary/aromatic N) is 5. The molecule has 2 aliphatic rings. The quantitative estimate of drug-likeness (QED) is 0.559. The molecule has 0 aliphatic carbocycles. The van der Waals surface area contributed by atoms with Crippen LogP contribution in [-0.4, -0.2) is 103 Å². The number of likely N-dealkylation sites (N-methyl/N-ethyl adjacent to an activating group) is 1. The second-order valence-corrected chi connectivity index (χ2v) is 10.3. The summed E-state index contributed by atoms with van der Waals surface area (Å²) in [7, 11) is -1.34. The topological polar surface area (TPSA) is 88.0 Å². The van der Waals surface area contributed by atoms with Crippen molar-refractivity contribution >= 4 is 15.9 Å². The van der Waals surface area contributed by atoms with Gasteiger partial charge in [0.1, 0.15) is 0 Å². The fraction of sp³-hybridized carbons (Fsp3) is 0.800. The van der Waals surface area contributed by atoms with Crippen molar-refractivity contribution in [2.24, 2.45) is 0 Å². The SMILES string of the molecule is CN(CCN(C1CCOCC1)C1CCCN(S(C)(=O)=O)C1)C(=O)CCn1cccn1. The molecule has 2 aliphatic heterocycles. The fourth-order valence-electron chi connectivity index (χ4n) is 4.40. The number of aryl methyl sites for hydroxylation is 1. The Hall–Kier alpha value is -1.49. The molecule has 170 valence electrons. The summed E-state index contributed by atoms with van der Waals surface area (Å²) in [6, 6.07) is 2.41. The van der Waals surface area contributed by atoms with Crippen LogP contribution in [0, 0.1) is 0 Å². The van der Waals surface area contributed by atoms with E-state index in [2.05, 4.69) is 10.00 Å². The van der Waals surface area contributed by atoms with E-state index in [9.17, 15) is 13.2 Å². The van der Waals surface area contributed by atoms with Gasteiger partial charge in [-0.05, 0) is 31.7 Å². The molecular weight excluding hydrogens is 406 g/mol. The molecule has 0 radical (unpaired) electrons. The number of carbonyl (C=O) groups is 1. The number of aromatic nitrogens is 2. The summed E-state index contributed by atoms with van der Waals surface area (Å²) in [6.45, 7) is 4.56. The first kappa shape index (κ1) is 23.2. The van der Waals surface area contributed by atoms with Gasteiger partial charge in [-0.3, -0.25) is 14.4 Å². The highest BCUT2D eigenvalue weighted by Crippen LogP contribution is 2.24. The lowest BCUT2D eigenvalue weighted by Crippen LogP contribution is -2.55. The van der Waals surface area contributed by atoms with E-state index in [0.717, 1.165) is 45.4 Å². The third kappa shape index (κ3) is 6.50. The summed E-state index contributed by atoms with van der Waals surface area (Å²) in [4.78, 5) is 16.8. The van der Waals surface area contributed by atoms with Crippen molar-refractivity contribution < 1.29 is 17.9 Å². The second kappa shape index (κ2) is 10.7. The van der Waals surface area contributed by atoms with Gasteiger partial charge >= 0.3 is 0 Å².